The van der Waals surface area contributed by atoms with Gasteiger partial charge in [0.2, 0.25) is 11.8 Å². The molecule has 0 aromatic rings. The van der Waals surface area contributed by atoms with E-state index in [0.717, 1.165) is 49.9 Å². The molecule has 0 aromatic heterocycles. The van der Waals surface area contributed by atoms with Gasteiger partial charge in [0.05, 0.1) is 0 Å². The molecule has 2 amide bonds. The minimum Gasteiger partial charge on any atom is -0.352 e. The van der Waals surface area contributed by atoms with Gasteiger partial charge in [0, 0.05) is 11.5 Å². The summed E-state index contributed by atoms with van der Waals surface area (Å²) in [6.45, 7) is 8.34. The summed E-state index contributed by atoms with van der Waals surface area (Å²) in [5, 5.41) is 6.14. The molecular weight excluding hydrogens is 324 g/mol. The first-order chi connectivity index (χ1) is 12.3. The average molecular weight is 363 g/mol. The molecule has 0 aromatic carbocycles. The Morgan fingerprint density at radius 1 is 0.885 bits per heavy atom. The van der Waals surface area contributed by atoms with Crippen LogP contribution in [0.5, 0.6) is 0 Å². The first kappa shape index (κ1) is 19.7. The summed E-state index contributed by atoms with van der Waals surface area (Å²) in [6, 6.07) is -0.275. The number of amides is 2. The van der Waals surface area contributed by atoms with Crippen molar-refractivity contribution in [3.63, 3.8) is 0 Å². The quantitative estimate of drug-likeness (QED) is 0.685. The maximum Gasteiger partial charge on any atom is 0.242 e. The second-order valence-corrected chi connectivity index (χ2v) is 10.1. The molecule has 0 spiro atoms. The third-order valence-corrected chi connectivity index (χ3v) is 7.07. The lowest BCUT2D eigenvalue weighted by atomic mass is 9.49. The normalized spacial score (nSPS) is 34.6. The maximum atomic E-state index is 13.1. The lowest BCUT2D eigenvalue weighted by Gasteiger charge is -2.55. The first-order valence-electron chi connectivity index (χ1n) is 10.9. The highest BCUT2D eigenvalue weighted by Gasteiger charge is 2.54. The van der Waals surface area contributed by atoms with Gasteiger partial charge in [-0.15, -0.1) is 0 Å². The number of hydrogen-bond acceptors (Lipinski definition) is 2. The topological polar surface area (TPSA) is 58.2 Å². The number of carbonyl (C=O) groups is 2. The summed E-state index contributed by atoms with van der Waals surface area (Å²) in [5.74, 6) is 3.05. The molecule has 0 saturated heterocycles. The Morgan fingerprint density at radius 3 is 1.92 bits per heavy atom. The van der Waals surface area contributed by atoms with Crippen LogP contribution in [0.3, 0.4) is 0 Å². The molecule has 4 aliphatic carbocycles. The molecular formula is C22H38N2O2. The molecule has 0 unspecified atom stereocenters. The van der Waals surface area contributed by atoms with Crippen LogP contribution in [0.15, 0.2) is 0 Å². The van der Waals surface area contributed by atoms with Crippen molar-refractivity contribution < 1.29 is 9.59 Å². The van der Waals surface area contributed by atoms with E-state index >= 15 is 0 Å². The largest absolute Gasteiger partial charge is 0.352 e. The Balaban J connectivity index is 1.47. The van der Waals surface area contributed by atoms with Gasteiger partial charge in [0.1, 0.15) is 6.04 Å². The zero-order valence-corrected chi connectivity index (χ0v) is 17.1. The van der Waals surface area contributed by atoms with E-state index in [1.54, 1.807) is 0 Å². The summed E-state index contributed by atoms with van der Waals surface area (Å²) >= 11 is 0. The van der Waals surface area contributed by atoms with Gasteiger partial charge in [0.15, 0.2) is 0 Å². The fourth-order valence-electron chi connectivity index (χ4n) is 6.08. The zero-order chi connectivity index (χ0) is 18.9. The van der Waals surface area contributed by atoms with Gasteiger partial charge < -0.3 is 10.6 Å². The van der Waals surface area contributed by atoms with E-state index in [1.165, 1.54) is 25.7 Å². The molecule has 4 aliphatic rings. The van der Waals surface area contributed by atoms with Crippen LogP contribution in [0.1, 0.15) is 85.5 Å². The van der Waals surface area contributed by atoms with E-state index < -0.39 is 6.04 Å². The van der Waals surface area contributed by atoms with Crippen LogP contribution in [-0.4, -0.2) is 23.9 Å². The van der Waals surface area contributed by atoms with Gasteiger partial charge in [-0.25, -0.2) is 0 Å². The highest BCUT2D eigenvalue weighted by Crippen LogP contribution is 2.60. The molecule has 4 saturated carbocycles. The number of hydrogen-bond donors (Lipinski definition) is 2. The molecule has 0 heterocycles. The highest BCUT2D eigenvalue weighted by atomic mass is 16.2. The molecule has 4 heteroatoms. The number of carbonyl (C=O) groups excluding carboxylic acids is 2. The van der Waals surface area contributed by atoms with Crippen molar-refractivity contribution in [2.75, 3.05) is 0 Å². The SMILES string of the molecule is CC(C)CCC[C@H](C)NC(=O)[C@H](C)NC(=O)C12CC3CC(CC(C3)C1)C2. The molecule has 2 N–H and O–H groups in total. The van der Waals surface area contributed by atoms with Crippen molar-refractivity contribution in [2.24, 2.45) is 29.1 Å². The van der Waals surface area contributed by atoms with Gasteiger partial charge in [-0.05, 0) is 82.5 Å². The minimum absolute atomic E-state index is 0.0416. The van der Waals surface area contributed by atoms with E-state index in [9.17, 15) is 9.59 Å². The molecule has 4 rings (SSSR count). The summed E-state index contributed by atoms with van der Waals surface area (Å²) < 4.78 is 0. The summed E-state index contributed by atoms with van der Waals surface area (Å²) in [5.41, 5.74) is -0.174. The van der Waals surface area contributed by atoms with Gasteiger partial charge in [-0.1, -0.05) is 26.7 Å². The van der Waals surface area contributed by atoms with Crippen LogP contribution in [0.25, 0.3) is 0 Å². The van der Waals surface area contributed by atoms with Crippen molar-refractivity contribution >= 4 is 11.8 Å². The average Bonchev–Trinajstić information content (AvgIpc) is 2.52. The van der Waals surface area contributed by atoms with E-state index in [-0.39, 0.29) is 23.3 Å². The van der Waals surface area contributed by atoms with Crippen LogP contribution >= 0.6 is 0 Å². The molecule has 148 valence electrons. The molecule has 26 heavy (non-hydrogen) atoms. The van der Waals surface area contributed by atoms with E-state index in [2.05, 4.69) is 31.4 Å². The Hall–Kier alpha value is -1.06. The Bertz CT molecular complexity index is 493. The van der Waals surface area contributed by atoms with Crippen molar-refractivity contribution in [3.05, 3.63) is 0 Å². The van der Waals surface area contributed by atoms with Crippen LogP contribution < -0.4 is 10.6 Å². The fourth-order valence-corrected chi connectivity index (χ4v) is 6.08. The second-order valence-electron chi connectivity index (χ2n) is 10.1. The molecule has 4 bridgehead atoms. The predicted molar refractivity (Wildman–Crippen MR) is 105 cm³/mol. The monoisotopic (exact) mass is 362 g/mol. The number of rotatable bonds is 8. The van der Waals surface area contributed by atoms with E-state index in [4.69, 9.17) is 0 Å². The van der Waals surface area contributed by atoms with Crippen LogP contribution in [0.2, 0.25) is 0 Å². The maximum absolute atomic E-state index is 13.1. The molecule has 4 fully saturated rings. The van der Waals surface area contributed by atoms with Crippen molar-refractivity contribution in [2.45, 2.75) is 97.6 Å². The Labute approximate surface area is 159 Å². The van der Waals surface area contributed by atoms with E-state index in [1.807, 2.05) is 6.92 Å². The predicted octanol–water partition coefficient (Wildman–Crippen LogP) is 4.04. The van der Waals surface area contributed by atoms with E-state index in [0.29, 0.717) is 5.92 Å². The molecule has 2 atom stereocenters. The third kappa shape index (κ3) is 4.43. The van der Waals surface area contributed by atoms with Crippen molar-refractivity contribution in [1.82, 2.24) is 10.6 Å². The lowest BCUT2D eigenvalue weighted by Crippen LogP contribution is -2.57. The van der Waals surface area contributed by atoms with Gasteiger partial charge in [0.25, 0.3) is 0 Å². The second kappa shape index (κ2) is 7.90. The number of nitrogens with one attached hydrogen (secondary N) is 2. The van der Waals surface area contributed by atoms with Gasteiger partial charge in [-0.3, -0.25) is 9.59 Å². The fraction of sp³-hybridized carbons (Fsp3) is 0.909. The molecule has 0 radical (unpaired) electrons. The smallest absolute Gasteiger partial charge is 0.242 e. The third-order valence-electron chi connectivity index (χ3n) is 7.07. The lowest BCUT2D eigenvalue weighted by molar-refractivity contribution is -0.148. The minimum atomic E-state index is -0.442. The van der Waals surface area contributed by atoms with Crippen LogP contribution in [-0.2, 0) is 9.59 Å². The van der Waals surface area contributed by atoms with Gasteiger partial charge in [-0.2, -0.15) is 0 Å². The summed E-state index contributed by atoms with van der Waals surface area (Å²) in [7, 11) is 0. The van der Waals surface area contributed by atoms with Crippen LogP contribution in [0, 0.1) is 29.1 Å². The van der Waals surface area contributed by atoms with Crippen LogP contribution in [0.4, 0.5) is 0 Å². The summed E-state index contributed by atoms with van der Waals surface area (Å²) in [4.78, 5) is 25.5. The summed E-state index contributed by atoms with van der Waals surface area (Å²) in [6.07, 6.45) is 10.5. The molecule has 0 aliphatic heterocycles. The Morgan fingerprint density at radius 2 is 1.42 bits per heavy atom. The van der Waals surface area contributed by atoms with Crippen molar-refractivity contribution in [3.8, 4) is 0 Å². The molecule has 4 nitrogen and oxygen atoms in total. The van der Waals surface area contributed by atoms with Gasteiger partial charge >= 0.3 is 0 Å². The Kier molecular flexibility index (Phi) is 5.98. The zero-order valence-electron chi connectivity index (χ0n) is 17.1. The standard InChI is InChI=1S/C22H38N2O2/c1-14(2)6-5-7-15(3)23-20(25)16(4)24-21(26)22-11-17-8-18(12-22)10-19(9-17)13-22/h14-19H,5-13H2,1-4H3,(H,23,25)(H,24,26)/t15-,16-,17?,18?,19?,22?/m0/s1. The highest BCUT2D eigenvalue weighted by molar-refractivity contribution is 5.90. The van der Waals surface area contributed by atoms with Crippen molar-refractivity contribution in [1.29, 1.82) is 0 Å². The first-order valence-corrected chi connectivity index (χ1v) is 10.9.